The predicted octanol–water partition coefficient (Wildman–Crippen LogP) is 4.87. The third kappa shape index (κ3) is 4.78. The van der Waals surface area contributed by atoms with Gasteiger partial charge in [-0.15, -0.1) is 0 Å². The summed E-state index contributed by atoms with van der Waals surface area (Å²) in [6.45, 7) is 11.1. The Balaban J connectivity index is 1.59. The van der Waals surface area contributed by atoms with Gasteiger partial charge in [0.05, 0.1) is 12.2 Å². The number of anilines is 1. The summed E-state index contributed by atoms with van der Waals surface area (Å²) in [6.07, 6.45) is 1.30. The Labute approximate surface area is 183 Å². The molecule has 0 fully saturated rings. The van der Waals surface area contributed by atoms with Crippen molar-refractivity contribution < 1.29 is 18.7 Å². The average molecular weight is 427 g/mol. The summed E-state index contributed by atoms with van der Waals surface area (Å²) < 4.78 is 25.3. The maximum atomic E-state index is 13.7. The summed E-state index contributed by atoms with van der Waals surface area (Å²) in [7, 11) is 0. The van der Waals surface area contributed by atoms with E-state index in [1.165, 1.54) is 22.8 Å². The van der Waals surface area contributed by atoms with E-state index in [0.717, 1.165) is 36.4 Å². The van der Waals surface area contributed by atoms with Gasteiger partial charge in [-0.3, -0.25) is 0 Å². The molecule has 0 aromatic heterocycles. The van der Waals surface area contributed by atoms with Crippen molar-refractivity contribution in [3.63, 3.8) is 0 Å². The van der Waals surface area contributed by atoms with E-state index in [0.29, 0.717) is 26.2 Å². The molecule has 0 saturated carbocycles. The highest BCUT2D eigenvalue weighted by Crippen LogP contribution is 2.40. The number of halogens is 1. The molecular formula is C25H31FN2O3. The molecule has 166 valence electrons. The second kappa shape index (κ2) is 8.40. The number of fused-ring (bicyclic) bond motifs is 2. The Hall–Kier alpha value is -2.76. The molecule has 0 bridgehead atoms. The van der Waals surface area contributed by atoms with Gasteiger partial charge in [0.1, 0.15) is 23.8 Å². The number of ether oxygens (including phenoxy) is 2. The normalized spacial score (nSPS) is 16.2. The molecule has 0 atom stereocenters. The molecule has 2 aromatic carbocycles. The van der Waals surface area contributed by atoms with Crippen LogP contribution >= 0.6 is 0 Å². The van der Waals surface area contributed by atoms with Crippen molar-refractivity contribution in [1.29, 1.82) is 0 Å². The predicted molar refractivity (Wildman–Crippen MR) is 119 cm³/mol. The number of nitrogens with zero attached hydrogens (tertiary/aromatic N) is 2. The first kappa shape index (κ1) is 21.5. The Bertz CT molecular complexity index is 983. The Morgan fingerprint density at radius 3 is 2.68 bits per heavy atom. The molecule has 0 radical (unpaired) electrons. The number of carbonyl (C=O) groups excluding carboxylic acids is 1. The van der Waals surface area contributed by atoms with Crippen molar-refractivity contribution in [1.82, 2.24) is 4.90 Å². The van der Waals surface area contributed by atoms with Crippen molar-refractivity contribution in [2.24, 2.45) is 0 Å². The average Bonchev–Trinajstić information content (AvgIpc) is 2.90. The number of benzene rings is 2. The van der Waals surface area contributed by atoms with E-state index >= 15 is 0 Å². The van der Waals surface area contributed by atoms with Gasteiger partial charge >= 0.3 is 6.09 Å². The minimum atomic E-state index is -0.503. The van der Waals surface area contributed by atoms with Crippen LogP contribution in [0.3, 0.4) is 0 Å². The third-order valence-electron chi connectivity index (χ3n) is 5.87. The Morgan fingerprint density at radius 2 is 1.94 bits per heavy atom. The molecule has 0 spiro atoms. The van der Waals surface area contributed by atoms with Crippen molar-refractivity contribution >= 4 is 11.8 Å². The minimum absolute atomic E-state index is 0.216. The molecule has 2 aliphatic heterocycles. The smallest absolute Gasteiger partial charge is 0.410 e. The van der Waals surface area contributed by atoms with E-state index in [-0.39, 0.29) is 11.9 Å². The summed E-state index contributed by atoms with van der Waals surface area (Å²) >= 11 is 0. The minimum Gasteiger partial charge on any atom is -0.490 e. The first-order valence-electron chi connectivity index (χ1n) is 11.0. The summed E-state index contributed by atoms with van der Waals surface area (Å²) in [5.41, 5.74) is 5.22. The van der Waals surface area contributed by atoms with Crippen LogP contribution in [0.1, 0.15) is 43.0 Å². The molecule has 0 aliphatic carbocycles. The van der Waals surface area contributed by atoms with Crippen molar-refractivity contribution in [2.45, 2.75) is 52.7 Å². The molecule has 0 N–H and O–H groups in total. The highest BCUT2D eigenvalue weighted by Gasteiger charge is 2.28. The highest BCUT2D eigenvalue weighted by atomic mass is 19.1. The van der Waals surface area contributed by atoms with Gasteiger partial charge in [0.2, 0.25) is 0 Å². The zero-order valence-electron chi connectivity index (χ0n) is 18.8. The van der Waals surface area contributed by atoms with Gasteiger partial charge in [-0.05, 0) is 81.0 Å². The van der Waals surface area contributed by atoms with E-state index in [9.17, 15) is 9.18 Å². The number of hydrogen-bond donors (Lipinski definition) is 0. The van der Waals surface area contributed by atoms with Crippen molar-refractivity contribution in [2.75, 3.05) is 31.1 Å². The standard InChI is InChI=1S/C25H31FN2O3/c1-17-21-9-11-27(24(29)31-25(2,3)4)10-8-19(21)15-22-23(17)28(12-13-30-22)16-18-6-5-7-20(26)14-18/h5-7,14-15H,8-13,16H2,1-4H3. The van der Waals surface area contributed by atoms with Gasteiger partial charge in [0, 0.05) is 19.6 Å². The first-order chi connectivity index (χ1) is 14.7. The van der Waals surface area contributed by atoms with Crippen LogP contribution in [-0.2, 0) is 24.1 Å². The van der Waals surface area contributed by atoms with Crippen LogP contribution < -0.4 is 9.64 Å². The zero-order chi connectivity index (χ0) is 22.2. The van der Waals surface area contributed by atoms with Gasteiger partial charge in [0.25, 0.3) is 0 Å². The fourth-order valence-electron chi connectivity index (χ4n) is 4.47. The van der Waals surface area contributed by atoms with Gasteiger partial charge in [-0.1, -0.05) is 12.1 Å². The van der Waals surface area contributed by atoms with Crippen LogP contribution in [-0.4, -0.2) is 42.8 Å². The molecule has 2 aliphatic rings. The Morgan fingerprint density at radius 1 is 1.16 bits per heavy atom. The summed E-state index contributed by atoms with van der Waals surface area (Å²) in [5.74, 6) is 0.663. The lowest BCUT2D eigenvalue weighted by Crippen LogP contribution is -2.38. The van der Waals surface area contributed by atoms with Crippen LogP contribution in [0.25, 0.3) is 0 Å². The van der Waals surface area contributed by atoms with E-state index < -0.39 is 5.60 Å². The number of hydrogen-bond acceptors (Lipinski definition) is 4. The molecule has 2 aromatic rings. The second-order valence-corrected chi connectivity index (χ2v) is 9.35. The van der Waals surface area contributed by atoms with Gasteiger partial charge in [-0.2, -0.15) is 0 Å². The molecule has 1 amide bonds. The summed E-state index contributed by atoms with van der Waals surface area (Å²) in [5, 5.41) is 0. The quantitative estimate of drug-likeness (QED) is 0.687. The van der Waals surface area contributed by atoms with E-state index in [4.69, 9.17) is 9.47 Å². The molecule has 0 unspecified atom stereocenters. The fraction of sp³-hybridized carbons (Fsp3) is 0.480. The van der Waals surface area contributed by atoms with Crippen LogP contribution in [0.4, 0.5) is 14.9 Å². The Kier molecular flexibility index (Phi) is 5.82. The van der Waals surface area contributed by atoms with E-state index in [1.807, 2.05) is 26.8 Å². The third-order valence-corrected chi connectivity index (χ3v) is 5.87. The van der Waals surface area contributed by atoms with Crippen LogP contribution in [0.15, 0.2) is 30.3 Å². The maximum Gasteiger partial charge on any atom is 0.410 e. The monoisotopic (exact) mass is 426 g/mol. The lowest BCUT2D eigenvalue weighted by molar-refractivity contribution is 0.0258. The highest BCUT2D eigenvalue weighted by molar-refractivity contribution is 5.71. The van der Waals surface area contributed by atoms with Gasteiger partial charge in [-0.25, -0.2) is 9.18 Å². The molecule has 5 nitrogen and oxygen atoms in total. The van der Waals surface area contributed by atoms with E-state index in [2.05, 4.69) is 17.9 Å². The number of carbonyl (C=O) groups is 1. The fourth-order valence-corrected chi connectivity index (χ4v) is 4.47. The number of rotatable bonds is 2. The SMILES string of the molecule is Cc1c2c(cc3c1N(Cc1cccc(F)c1)CCO3)CCN(C(=O)OC(C)(C)C)CC2. The van der Waals surface area contributed by atoms with Gasteiger partial charge < -0.3 is 19.3 Å². The first-order valence-corrected chi connectivity index (χ1v) is 11.0. The largest absolute Gasteiger partial charge is 0.490 e. The topological polar surface area (TPSA) is 42.0 Å². The molecule has 4 rings (SSSR count). The van der Waals surface area contributed by atoms with Crippen LogP contribution in [0.2, 0.25) is 0 Å². The lowest BCUT2D eigenvalue weighted by atomic mass is 9.94. The van der Waals surface area contributed by atoms with E-state index in [1.54, 1.807) is 17.0 Å². The molecule has 31 heavy (non-hydrogen) atoms. The van der Waals surface area contributed by atoms with Crippen LogP contribution in [0.5, 0.6) is 5.75 Å². The van der Waals surface area contributed by atoms with Crippen molar-refractivity contribution in [3.05, 3.63) is 58.4 Å². The molecule has 2 heterocycles. The molecule has 6 heteroatoms. The van der Waals surface area contributed by atoms with Crippen LogP contribution in [0, 0.1) is 12.7 Å². The molecular weight excluding hydrogens is 395 g/mol. The maximum absolute atomic E-state index is 13.7. The second-order valence-electron chi connectivity index (χ2n) is 9.35. The number of amides is 1. The summed E-state index contributed by atoms with van der Waals surface area (Å²) in [4.78, 5) is 16.7. The van der Waals surface area contributed by atoms with Crippen molar-refractivity contribution in [3.8, 4) is 5.75 Å². The zero-order valence-corrected chi connectivity index (χ0v) is 18.8. The molecule has 0 saturated heterocycles. The lowest BCUT2D eigenvalue weighted by Gasteiger charge is -2.34. The summed E-state index contributed by atoms with van der Waals surface area (Å²) in [6, 6.07) is 8.90. The van der Waals surface area contributed by atoms with Gasteiger partial charge in [0.15, 0.2) is 0 Å².